The van der Waals surface area contributed by atoms with Gasteiger partial charge in [-0.3, -0.25) is 0 Å². The van der Waals surface area contributed by atoms with Crippen LogP contribution in [0.2, 0.25) is 0 Å². The van der Waals surface area contributed by atoms with Gasteiger partial charge in [0.25, 0.3) is 0 Å². The van der Waals surface area contributed by atoms with Gasteiger partial charge in [-0.15, -0.1) is 0 Å². The summed E-state index contributed by atoms with van der Waals surface area (Å²) >= 11 is 0.804. The topological polar surface area (TPSA) is 71.3 Å². The molecule has 0 N–H and O–H groups in total. The molecule has 0 unspecified atom stereocenters. The summed E-state index contributed by atoms with van der Waals surface area (Å²) in [7, 11) is -13.3. The summed E-state index contributed by atoms with van der Waals surface area (Å²) in [6.07, 6.45) is 0. The fraction of sp³-hybridized carbons (Fsp3) is 1.00. The van der Waals surface area contributed by atoms with Gasteiger partial charge >= 0.3 is 117 Å². The molecule has 0 aromatic carbocycles. The number of rotatable bonds is 2. The van der Waals surface area contributed by atoms with Crippen molar-refractivity contribution in [1.82, 2.24) is 0 Å². The first-order valence-electron chi connectivity index (χ1n) is 2.69. The minimum atomic E-state index is -6.65. The molecule has 0 spiro atoms. The number of nitrogens with zero attached hydrogens (tertiary/aromatic N) is 1. The normalized spacial score (nSPS) is 15.0. The van der Waals surface area contributed by atoms with Gasteiger partial charge in [-0.1, -0.05) is 0 Å². The van der Waals surface area contributed by atoms with Gasteiger partial charge in [0, 0.05) is 0 Å². The Labute approximate surface area is 116 Å². The number of hydrogen-bond acceptors (Lipinski definition) is 4. The van der Waals surface area contributed by atoms with Crippen LogP contribution in [-0.4, -0.2) is 26.4 Å². The summed E-state index contributed by atoms with van der Waals surface area (Å²) in [5.74, 6) is 0. The monoisotopic (exact) mass is 454 g/mol. The Morgan fingerprint density at radius 2 is 0.938 bits per heavy atom. The van der Waals surface area contributed by atoms with Gasteiger partial charge in [0.05, 0.1) is 0 Å². The van der Waals surface area contributed by atoms with Crippen molar-refractivity contribution in [3.05, 3.63) is 0 Å². The summed E-state index contributed by atoms with van der Waals surface area (Å²) in [5.41, 5.74) is -12.3. The van der Waals surface area contributed by atoms with E-state index >= 15 is 0 Å². The first-order chi connectivity index (χ1) is 6.65. The van der Waals surface area contributed by atoms with Crippen molar-refractivity contribution < 1.29 is 86.3 Å². The van der Waals surface area contributed by atoms with Crippen LogP contribution in [0.5, 0.6) is 0 Å². The van der Waals surface area contributed by atoms with Crippen molar-refractivity contribution in [1.29, 1.82) is 0 Å². The molecule has 0 fully saturated rings. The van der Waals surface area contributed by atoms with Crippen LogP contribution in [0.15, 0.2) is 0 Å². The van der Waals surface area contributed by atoms with Gasteiger partial charge in [0.2, 0.25) is 0 Å². The van der Waals surface area contributed by atoms with E-state index in [2.05, 4.69) is 0 Å². The molecule has 0 aliphatic carbocycles. The molecule has 5 nitrogen and oxygen atoms in total. The summed E-state index contributed by atoms with van der Waals surface area (Å²) in [6, 6.07) is 0. The number of halogens is 6. The van der Waals surface area contributed by atoms with E-state index in [0.29, 0.717) is 0 Å². The van der Waals surface area contributed by atoms with Crippen molar-refractivity contribution in [2.45, 2.75) is 11.0 Å². The third-order valence-electron chi connectivity index (χ3n) is 0.910. The van der Waals surface area contributed by atoms with Crippen LogP contribution in [-0.2, 0) is 20.0 Å². The van der Waals surface area contributed by atoms with E-state index in [4.69, 9.17) is 0 Å². The predicted molar refractivity (Wildman–Crippen MR) is 30.2 cm³/mol. The second-order valence-corrected chi connectivity index (χ2v) is 7.51. The number of sulfonamides is 2. The molecule has 0 atom stereocenters. The van der Waals surface area contributed by atoms with Gasteiger partial charge in [0.15, 0.2) is 0 Å². The van der Waals surface area contributed by atoms with E-state index in [9.17, 15) is 43.2 Å². The van der Waals surface area contributed by atoms with Crippen molar-refractivity contribution >= 4 is 20.0 Å². The molecule has 0 saturated carbocycles. The van der Waals surface area contributed by atoms with Crippen LogP contribution in [0, 0.1) is 44.6 Å². The van der Waals surface area contributed by atoms with Crippen molar-refractivity contribution in [3.63, 3.8) is 0 Å². The Bertz CT molecular complexity index is 452. The van der Waals surface area contributed by atoms with Crippen LogP contribution in [0.25, 0.3) is 0 Å². The van der Waals surface area contributed by atoms with E-state index < -0.39 is 29.6 Å². The van der Waals surface area contributed by atoms with Crippen LogP contribution in [0.1, 0.15) is 0 Å². The maximum absolute atomic E-state index is 11.7. The van der Waals surface area contributed by atoms with Crippen LogP contribution >= 0.6 is 0 Å². The summed E-state index contributed by atoms with van der Waals surface area (Å²) < 4.78 is 110. The Morgan fingerprint density at radius 1 is 0.750 bits per heavy atom. The molecule has 104 valence electrons. The maximum atomic E-state index is 11.7. The summed E-state index contributed by atoms with van der Waals surface area (Å²) in [6.45, 7) is 0. The Hall–Kier alpha value is 0.799. The molecule has 0 saturated heterocycles. The van der Waals surface area contributed by atoms with Gasteiger partial charge in [-0.2, -0.15) is 0 Å². The third-order valence-corrected chi connectivity index (χ3v) is 6.38. The molecular weight excluding hydrogens is 453 g/mol. The summed E-state index contributed by atoms with van der Waals surface area (Å²) in [4.78, 5) is 0. The zero-order valence-electron chi connectivity index (χ0n) is 6.43. The molecule has 0 aliphatic rings. The van der Waals surface area contributed by atoms with Crippen molar-refractivity contribution in [3.8, 4) is 0 Å². The van der Waals surface area contributed by atoms with E-state index in [1.165, 1.54) is 0 Å². The van der Waals surface area contributed by atoms with Crippen LogP contribution in [0.4, 0.5) is 26.3 Å². The average molecular weight is 453 g/mol. The fourth-order valence-corrected chi connectivity index (χ4v) is 3.15. The SMILES string of the molecule is O=S(=O)([N+](=[Yb])S(=O)(=O)C(F)(F)F)C(F)(F)F. The molecule has 0 aromatic rings. The molecule has 0 aromatic heterocycles. The number of alkyl halides is 6. The quantitative estimate of drug-likeness (QED) is 0.569. The average Bonchev–Trinajstić information content (AvgIpc) is 1.98. The standard InChI is InChI=1S/C2F6NO4S2.Yb/c3-1(4,5)14(10,11)9-15(12,13)2(6,7)8;/q-1;+2. The Balaban J connectivity index is 5.81. The molecule has 0 heterocycles. The first-order valence-corrected chi connectivity index (χ1v) is 6.34. The molecule has 0 bridgehead atoms. The van der Waals surface area contributed by atoms with Crippen LogP contribution in [0.3, 0.4) is 0 Å². The van der Waals surface area contributed by atoms with E-state index in [0.717, 1.165) is 44.6 Å². The van der Waals surface area contributed by atoms with E-state index in [1.54, 1.807) is 0 Å². The molecular formula is C2F6NO4S2Yb+. The van der Waals surface area contributed by atoms with E-state index in [-0.39, 0.29) is 0 Å². The first kappa shape index (κ1) is 16.8. The Morgan fingerprint density at radius 3 is 1.06 bits per heavy atom. The van der Waals surface area contributed by atoms with Crippen molar-refractivity contribution in [2.75, 3.05) is 0 Å². The predicted octanol–water partition coefficient (Wildman–Crippen LogP) is 0.431. The molecule has 0 radical (unpaired) electrons. The Kier molecular flexibility index (Phi) is 4.70. The minimum absolute atomic E-state index is 0.804. The molecule has 0 rings (SSSR count). The zero-order chi connectivity index (χ0) is 13.6. The summed E-state index contributed by atoms with van der Waals surface area (Å²) in [5, 5.41) is 0. The van der Waals surface area contributed by atoms with E-state index in [1.807, 2.05) is 0 Å². The van der Waals surface area contributed by atoms with Gasteiger partial charge in [0.1, 0.15) is 0 Å². The zero-order valence-corrected chi connectivity index (χ0v) is 9.78. The molecule has 16 heavy (non-hydrogen) atoms. The van der Waals surface area contributed by atoms with Crippen LogP contribution < -0.4 is 0 Å². The van der Waals surface area contributed by atoms with Gasteiger partial charge in [-0.05, 0) is 0 Å². The molecule has 0 amide bonds. The molecule has 14 heteroatoms. The van der Waals surface area contributed by atoms with Gasteiger partial charge < -0.3 is 0 Å². The van der Waals surface area contributed by atoms with Gasteiger partial charge in [-0.25, -0.2) is 0 Å². The third kappa shape index (κ3) is 2.97. The molecule has 0 aliphatic heterocycles. The second-order valence-electron chi connectivity index (χ2n) is 2.01. The van der Waals surface area contributed by atoms with Crippen molar-refractivity contribution in [2.24, 2.45) is 0 Å². The second kappa shape index (κ2) is 4.48. The fourth-order valence-electron chi connectivity index (χ4n) is 0.269. The number of hydrogen-bond donors (Lipinski definition) is 0.